The summed E-state index contributed by atoms with van der Waals surface area (Å²) in [5.41, 5.74) is -0.821. The van der Waals surface area contributed by atoms with Crippen molar-refractivity contribution in [2.45, 2.75) is 47.1 Å². The zero-order valence-corrected chi connectivity index (χ0v) is 12.9. The third-order valence-electron chi connectivity index (χ3n) is 1.83. The molecular formula is C10H20B4N2O4. The summed E-state index contributed by atoms with van der Waals surface area (Å²) in [5.74, 6) is -0.208. The Balaban J connectivity index is 3.59. The van der Waals surface area contributed by atoms with Crippen LogP contribution in [0.2, 0.25) is 0 Å². The first-order valence-electron chi connectivity index (χ1n) is 6.28. The quantitative estimate of drug-likeness (QED) is 0.528. The molecular weight excluding hydrogens is 255 g/mol. The first-order chi connectivity index (χ1) is 9.02. The smallest absolute Gasteiger partial charge is 0.393 e. The third kappa shape index (κ3) is 10.8. The van der Waals surface area contributed by atoms with Gasteiger partial charge in [0.15, 0.2) is 0 Å². The van der Waals surface area contributed by atoms with Crippen molar-refractivity contribution in [1.29, 1.82) is 0 Å². The Bertz CT molecular complexity index is 328. The van der Waals surface area contributed by atoms with Gasteiger partial charge in [-0.1, -0.05) is 20.8 Å². The predicted octanol–water partition coefficient (Wildman–Crippen LogP) is -0.00320. The van der Waals surface area contributed by atoms with E-state index in [1.54, 1.807) is 20.8 Å². The van der Waals surface area contributed by atoms with Gasteiger partial charge in [0.05, 0.1) is 0 Å². The van der Waals surface area contributed by atoms with Crippen molar-refractivity contribution in [3.63, 3.8) is 0 Å². The van der Waals surface area contributed by atoms with E-state index >= 15 is 0 Å². The average Bonchev–Trinajstić information content (AvgIpc) is 2.25. The molecule has 0 spiro atoms. The van der Waals surface area contributed by atoms with Crippen molar-refractivity contribution in [2.75, 3.05) is 0 Å². The van der Waals surface area contributed by atoms with Crippen LogP contribution in [0.4, 0.5) is 4.79 Å². The number of amides is 2. The highest BCUT2D eigenvalue weighted by Crippen LogP contribution is 2.11. The summed E-state index contributed by atoms with van der Waals surface area (Å²) in [7, 11) is 5.20. The van der Waals surface area contributed by atoms with E-state index in [9.17, 15) is 9.59 Å². The summed E-state index contributed by atoms with van der Waals surface area (Å²) in [5, 5.41) is 4.71. The molecule has 0 aromatic carbocycles. The minimum absolute atomic E-state index is 0.208. The van der Waals surface area contributed by atoms with Crippen molar-refractivity contribution < 1.29 is 18.9 Å². The Labute approximate surface area is 124 Å². The fourth-order valence-electron chi connectivity index (χ4n) is 0.788. The van der Waals surface area contributed by atoms with E-state index in [-0.39, 0.29) is 11.5 Å². The van der Waals surface area contributed by atoms with Crippen LogP contribution in [0.1, 0.15) is 41.5 Å². The molecule has 0 aromatic heterocycles. The summed E-state index contributed by atoms with van der Waals surface area (Å²) >= 11 is 0. The van der Waals surface area contributed by atoms with Gasteiger partial charge in [0.1, 0.15) is 7.06 Å². The largest absolute Gasteiger partial charge is 0.535 e. The number of rotatable bonds is 6. The normalized spacial score (nSPS) is 11.1. The molecule has 0 saturated carbocycles. The van der Waals surface area contributed by atoms with Gasteiger partial charge in [0.2, 0.25) is 13.3 Å². The molecule has 0 atom stereocenters. The van der Waals surface area contributed by atoms with Crippen LogP contribution in [0.3, 0.4) is 0 Å². The Morgan fingerprint density at radius 1 is 0.950 bits per heavy atom. The van der Waals surface area contributed by atoms with Crippen LogP contribution in [-0.2, 0) is 14.1 Å². The highest BCUT2D eigenvalue weighted by atomic mass is 16.5. The van der Waals surface area contributed by atoms with Crippen LogP contribution >= 0.6 is 0 Å². The van der Waals surface area contributed by atoms with Gasteiger partial charge in [-0.25, -0.2) is 4.79 Å². The Morgan fingerprint density at radius 3 is 2.05 bits per heavy atom. The monoisotopic (exact) mass is 276 g/mol. The van der Waals surface area contributed by atoms with Crippen molar-refractivity contribution >= 4 is 41.4 Å². The SMILES string of the molecule is CC(C)(C)O[B][B][B]OC(=O)N[B]NC(=O)C(C)(C)C. The lowest BCUT2D eigenvalue weighted by Crippen LogP contribution is -2.45. The van der Waals surface area contributed by atoms with Crippen molar-refractivity contribution in [3.8, 4) is 0 Å². The van der Waals surface area contributed by atoms with Crippen LogP contribution in [0.15, 0.2) is 0 Å². The number of nitrogens with one attached hydrogen (secondary N) is 2. The van der Waals surface area contributed by atoms with E-state index in [4.69, 9.17) is 9.31 Å². The highest BCUT2D eigenvalue weighted by molar-refractivity contribution is 7.26. The summed E-state index contributed by atoms with van der Waals surface area (Å²) in [4.78, 5) is 22.7. The molecule has 0 saturated heterocycles. The van der Waals surface area contributed by atoms with Gasteiger partial charge in [0, 0.05) is 11.0 Å². The number of carbonyl (C=O) groups is 2. The standard InChI is InChI=1S/C10H20B4N2O4/c1-9(2,3)7(17)15-14-16-8(18)19-12-11-13-20-10(4,5)6/h1-6H3,(H,15,17)(H,16,18). The van der Waals surface area contributed by atoms with Crippen molar-refractivity contribution in [3.05, 3.63) is 0 Å². The molecule has 2 amide bonds. The second-order valence-electron chi connectivity index (χ2n) is 6.11. The molecule has 4 radical (unpaired) electrons. The molecule has 0 aliphatic rings. The molecule has 20 heavy (non-hydrogen) atoms. The molecule has 106 valence electrons. The Morgan fingerprint density at radius 2 is 1.55 bits per heavy atom. The van der Waals surface area contributed by atoms with E-state index in [1.807, 2.05) is 20.8 Å². The van der Waals surface area contributed by atoms with Crippen molar-refractivity contribution in [2.24, 2.45) is 5.41 Å². The minimum Gasteiger partial charge on any atom is -0.535 e. The van der Waals surface area contributed by atoms with Gasteiger partial charge in [0.25, 0.3) is 0 Å². The fraction of sp³-hybridized carbons (Fsp3) is 0.800. The molecule has 10 heteroatoms. The maximum Gasteiger partial charge on any atom is 0.393 e. The highest BCUT2D eigenvalue weighted by Gasteiger charge is 2.21. The maximum atomic E-state index is 11.5. The van der Waals surface area contributed by atoms with Gasteiger partial charge in [-0.3, -0.25) is 4.79 Å². The second-order valence-corrected chi connectivity index (χ2v) is 6.11. The lowest BCUT2D eigenvalue weighted by Gasteiger charge is -2.19. The maximum absolute atomic E-state index is 11.5. The molecule has 6 nitrogen and oxygen atoms in total. The third-order valence-corrected chi connectivity index (χ3v) is 1.83. The molecule has 0 fully saturated rings. The molecule has 0 aliphatic carbocycles. The first kappa shape index (κ1) is 19.0. The van der Waals surface area contributed by atoms with Crippen LogP contribution < -0.4 is 10.5 Å². The Kier molecular flexibility index (Phi) is 7.86. The molecule has 0 unspecified atom stereocenters. The van der Waals surface area contributed by atoms with Gasteiger partial charge in [-0.2, -0.15) is 0 Å². The topological polar surface area (TPSA) is 76.7 Å². The van der Waals surface area contributed by atoms with Crippen LogP contribution in [0.25, 0.3) is 0 Å². The molecule has 0 heterocycles. The fourth-order valence-corrected chi connectivity index (χ4v) is 0.788. The lowest BCUT2D eigenvalue weighted by molar-refractivity contribution is -0.126. The zero-order chi connectivity index (χ0) is 15.8. The molecule has 0 bridgehead atoms. The molecule has 2 N–H and O–H groups in total. The van der Waals surface area contributed by atoms with Gasteiger partial charge < -0.3 is 19.8 Å². The van der Waals surface area contributed by atoms with Gasteiger partial charge in [-0.05, 0) is 20.8 Å². The molecule has 0 rings (SSSR count). The summed E-state index contributed by atoms with van der Waals surface area (Å²) in [6.07, 6.45) is -0.709. The number of hydrogen-bond acceptors (Lipinski definition) is 4. The summed E-state index contributed by atoms with van der Waals surface area (Å²) in [6.45, 7) is 11.0. The van der Waals surface area contributed by atoms with E-state index in [2.05, 4.69) is 10.5 Å². The average molecular weight is 276 g/mol. The second kappa shape index (κ2) is 8.29. The first-order valence-corrected chi connectivity index (χ1v) is 6.28. The van der Waals surface area contributed by atoms with E-state index in [1.165, 1.54) is 21.8 Å². The summed E-state index contributed by atoms with van der Waals surface area (Å²) < 4.78 is 9.97. The summed E-state index contributed by atoms with van der Waals surface area (Å²) in [6, 6.07) is 0. The molecule has 0 aromatic rings. The Hall–Kier alpha value is -1.04. The molecule has 0 aliphatic heterocycles. The van der Waals surface area contributed by atoms with Crippen LogP contribution in [-0.4, -0.2) is 47.0 Å². The van der Waals surface area contributed by atoms with Gasteiger partial charge >= 0.3 is 21.0 Å². The number of hydrogen-bond donors (Lipinski definition) is 2. The van der Waals surface area contributed by atoms with Crippen molar-refractivity contribution in [1.82, 2.24) is 10.5 Å². The number of carbonyl (C=O) groups excluding carboxylic acids is 2. The van der Waals surface area contributed by atoms with Crippen LogP contribution in [0, 0.1) is 5.41 Å². The van der Waals surface area contributed by atoms with Gasteiger partial charge in [-0.15, -0.1) is 0 Å². The predicted molar refractivity (Wildman–Crippen MR) is 81.1 cm³/mol. The van der Waals surface area contributed by atoms with E-state index in [0.29, 0.717) is 0 Å². The van der Waals surface area contributed by atoms with E-state index < -0.39 is 11.5 Å². The zero-order valence-electron chi connectivity index (χ0n) is 12.9. The lowest BCUT2D eigenvalue weighted by atomic mass is 9.31. The van der Waals surface area contributed by atoms with Crippen LogP contribution in [0.5, 0.6) is 0 Å². The minimum atomic E-state index is -0.709. The van der Waals surface area contributed by atoms with E-state index in [0.717, 1.165) is 7.55 Å².